The molecular formula is C71H105N9O15S. The number of hydrogen-bond donors (Lipinski definition) is 7. The molecule has 0 radical (unpaired) electrons. The molecule has 0 saturated carbocycles. The monoisotopic (exact) mass is 1360 g/mol. The summed E-state index contributed by atoms with van der Waals surface area (Å²) >= 11 is 1.12. The van der Waals surface area contributed by atoms with Gasteiger partial charge in [0.25, 0.3) is 5.91 Å². The number of rotatable bonds is 42. The number of likely N-dealkylation sites (N-methyl/N-ethyl adjacent to an activating group) is 1. The SMILES string of the molecule is CC[C@H](C)[C@H](CC(=O)[C@@]1(C)CCCN1C)C(=O)N(C)[C@H](C[C@@H](OC(C)=O)c1nc(C(=O)N[C@@H](Cc2ccc(CC(=O)OCc3ccc(NC(=O)[C@H](CCCNC(N)=O)CC(=O)[C@@H](NC(=O)[C@H](CCCCNC(C)=O)CC(C)=O)C(C)C)cc3)cc2)C[C@H](C)C(=O)O)cs1)C(C)C. The van der Waals surface area contributed by atoms with Gasteiger partial charge in [0.2, 0.25) is 23.6 Å². The Balaban J connectivity index is 1.38. The number of primary amides is 1. The van der Waals surface area contributed by atoms with E-state index in [-0.39, 0.29) is 117 Å². The molecule has 0 aliphatic carbocycles. The van der Waals surface area contributed by atoms with E-state index in [1.165, 1.54) is 20.8 Å². The molecule has 7 amide bonds. The first-order chi connectivity index (χ1) is 45.2. The van der Waals surface area contributed by atoms with Crippen LogP contribution in [0.2, 0.25) is 0 Å². The minimum Gasteiger partial charge on any atom is -0.481 e. The predicted molar refractivity (Wildman–Crippen MR) is 365 cm³/mol. The molecule has 1 aliphatic heterocycles. The van der Waals surface area contributed by atoms with Gasteiger partial charge in [0, 0.05) is 101 Å². The summed E-state index contributed by atoms with van der Waals surface area (Å²) in [6.07, 6.45) is 3.69. The van der Waals surface area contributed by atoms with E-state index in [0.717, 1.165) is 36.3 Å². The number of amides is 7. The maximum Gasteiger partial charge on any atom is 0.312 e. The molecule has 24 nitrogen and oxygen atoms in total. The molecule has 96 heavy (non-hydrogen) atoms. The topological polar surface area (TPSA) is 349 Å². The summed E-state index contributed by atoms with van der Waals surface area (Å²) in [6, 6.07) is 10.8. The van der Waals surface area contributed by atoms with Gasteiger partial charge in [0.15, 0.2) is 17.7 Å². The number of nitrogens with one attached hydrogen (secondary N) is 5. The highest BCUT2D eigenvalue weighted by Gasteiger charge is 2.44. The van der Waals surface area contributed by atoms with Crippen LogP contribution >= 0.6 is 11.3 Å². The molecule has 1 saturated heterocycles. The lowest BCUT2D eigenvalue weighted by atomic mass is 9.80. The van der Waals surface area contributed by atoms with E-state index in [2.05, 4.69) is 36.5 Å². The van der Waals surface area contributed by atoms with Gasteiger partial charge in [0.1, 0.15) is 23.1 Å². The molecular weight excluding hydrogens is 1250 g/mol. The van der Waals surface area contributed by atoms with Gasteiger partial charge in [-0.15, -0.1) is 11.3 Å². The number of aliphatic carboxylic acids is 1. The van der Waals surface area contributed by atoms with Crippen LogP contribution in [-0.2, 0) is 76.9 Å². The van der Waals surface area contributed by atoms with Crippen molar-refractivity contribution < 1.29 is 72.1 Å². The minimum atomic E-state index is -1.05. The van der Waals surface area contributed by atoms with Crippen LogP contribution in [0.5, 0.6) is 0 Å². The van der Waals surface area contributed by atoms with E-state index in [9.17, 15) is 62.6 Å². The van der Waals surface area contributed by atoms with Crippen LogP contribution in [0.4, 0.5) is 10.5 Å². The Morgan fingerprint density at radius 3 is 1.97 bits per heavy atom. The van der Waals surface area contributed by atoms with Gasteiger partial charge in [-0.3, -0.25) is 52.8 Å². The van der Waals surface area contributed by atoms with Crippen molar-refractivity contribution in [3.63, 3.8) is 0 Å². The van der Waals surface area contributed by atoms with E-state index in [1.807, 2.05) is 41.7 Å². The summed E-state index contributed by atoms with van der Waals surface area (Å²) in [4.78, 5) is 165. The fourth-order valence-electron chi connectivity index (χ4n) is 12.1. The van der Waals surface area contributed by atoms with Crippen LogP contribution in [0.3, 0.4) is 0 Å². The number of unbranched alkanes of at least 4 members (excludes halogenated alkanes) is 1. The summed E-state index contributed by atoms with van der Waals surface area (Å²) in [5.74, 6) is -8.01. The second-order valence-corrected chi connectivity index (χ2v) is 27.8. The Morgan fingerprint density at radius 1 is 0.771 bits per heavy atom. The largest absolute Gasteiger partial charge is 0.481 e. The summed E-state index contributed by atoms with van der Waals surface area (Å²) in [7, 11) is 3.67. The summed E-state index contributed by atoms with van der Waals surface area (Å²) in [5, 5.41) is 25.7. The molecule has 0 spiro atoms. The first kappa shape index (κ1) is 80.5. The number of likely N-dealkylation sites (tertiary alicyclic amines) is 1. The van der Waals surface area contributed by atoms with Crippen molar-refractivity contribution in [2.24, 2.45) is 47.2 Å². The minimum absolute atomic E-state index is 0.0185. The van der Waals surface area contributed by atoms with Gasteiger partial charge in [0.05, 0.1) is 23.9 Å². The molecule has 2 heterocycles. The third-order valence-corrected chi connectivity index (χ3v) is 19.3. The zero-order chi connectivity index (χ0) is 71.6. The van der Waals surface area contributed by atoms with Crippen LogP contribution in [0, 0.1) is 41.4 Å². The van der Waals surface area contributed by atoms with Crippen LogP contribution < -0.4 is 32.3 Å². The summed E-state index contributed by atoms with van der Waals surface area (Å²) in [6.45, 7) is 20.4. The number of Topliss-reactive ketones (excluding diaryl/α,β-unsaturated/α-hetero) is 3. The van der Waals surface area contributed by atoms with Crippen molar-refractivity contribution in [2.75, 3.05) is 39.0 Å². The van der Waals surface area contributed by atoms with Crippen molar-refractivity contribution >= 4 is 87.8 Å². The molecule has 1 aromatic heterocycles. The Kier molecular flexibility index (Phi) is 33.0. The summed E-state index contributed by atoms with van der Waals surface area (Å²) < 4.78 is 11.5. The van der Waals surface area contributed by atoms with Crippen LogP contribution in [0.1, 0.15) is 198 Å². The van der Waals surface area contributed by atoms with Crippen LogP contribution in [0.25, 0.3) is 0 Å². The lowest BCUT2D eigenvalue weighted by Crippen LogP contribution is -2.50. The number of hydrogen-bond acceptors (Lipinski definition) is 17. The molecule has 0 unspecified atom stereocenters. The number of carboxylic acid groups (broad SMARTS) is 1. The second kappa shape index (κ2) is 39.3. The molecule has 1 aliphatic rings. The zero-order valence-electron chi connectivity index (χ0n) is 58.5. The zero-order valence-corrected chi connectivity index (χ0v) is 59.3. The van der Waals surface area contributed by atoms with Crippen LogP contribution in [-0.4, -0.2) is 148 Å². The number of carbonyl (C=O) groups is 12. The van der Waals surface area contributed by atoms with E-state index >= 15 is 0 Å². The molecule has 3 aromatic rings. The van der Waals surface area contributed by atoms with Gasteiger partial charge in [-0.05, 0) is 125 Å². The molecule has 8 N–H and O–H groups in total. The summed E-state index contributed by atoms with van der Waals surface area (Å²) in [5.41, 5.74) is 7.04. The van der Waals surface area contributed by atoms with E-state index in [1.54, 1.807) is 86.6 Å². The molecule has 530 valence electrons. The van der Waals surface area contributed by atoms with Crippen molar-refractivity contribution in [3.8, 4) is 0 Å². The van der Waals surface area contributed by atoms with Gasteiger partial charge in [-0.2, -0.15) is 0 Å². The van der Waals surface area contributed by atoms with Gasteiger partial charge < -0.3 is 56.6 Å². The Morgan fingerprint density at radius 2 is 1.40 bits per heavy atom. The van der Waals surface area contributed by atoms with Crippen molar-refractivity contribution in [1.29, 1.82) is 0 Å². The van der Waals surface area contributed by atoms with Crippen molar-refractivity contribution in [1.82, 2.24) is 36.1 Å². The highest BCUT2D eigenvalue weighted by molar-refractivity contribution is 7.09. The van der Waals surface area contributed by atoms with Crippen molar-refractivity contribution in [3.05, 3.63) is 81.3 Å². The number of ether oxygens (including phenoxy) is 2. The average molecular weight is 1360 g/mol. The number of thiazole rings is 1. The number of carbonyl (C=O) groups excluding carboxylic acids is 11. The molecule has 0 bridgehead atoms. The quantitative estimate of drug-likeness (QED) is 0.0206. The number of nitrogens with two attached hydrogens (primary N) is 1. The number of aromatic nitrogens is 1. The number of benzene rings is 2. The number of ketones is 3. The number of nitrogens with zero attached hydrogens (tertiary/aromatic N) is 3. The van der Waals surface area contributed by atoms with Gasteiger partial charge in [-0.25, -0.2) is 9.78 Å². The molecule has 1 fully saturated rings. The van der Waals surface area contributed by atoms with E-state index in [4.69, 9.17) is 15.2 Å². The smallest absolute Gasteiger partial charge is 0.312 e. The molecule has 2 aromatic carbocycles. The Labute approximate surface area is 569 Å². The number of esters is 2. The Hall–Kier alpha value is -7.93. The lowest BCUT2D eigenvalue weighted by Gasteiger charge is -2.38. The number of carboxylic acids is 1. The number of urea groups is 1. The molecule has 10 atom stereocenters. The molecule has 4 rings (SSSR count). The van der Waals surface area contributed by atoms with E-state index < -0.39 is 95.1 Å². The molecule has 25 heteroatoms. The Bertz CT molecular complexity index is 3140. The standard InChI is InChI=1S/C71H105N9O15S/c1-14-44(6)56(38-61(85)71(11)29-18-32-79(71)12)68(90)80(13)58(42(2)3)39-60(95-48(10)83)67-77-57(41-96-67)66(89)76-55(33-45(7)69(91)92)35-49-21-23-50(24-22-49)36-62(86)94-40-51-25-27-54(28-26-51)75-64(87)53(20-17-31-74-70(72)93)37-59(84)63(43(4)5)78-65(88)52(34-46(8)81)19-15-16-30-73-47(9)82/h21-28,41-45,52-53,55-56,58,60,63H,14-20,29-40H2,1-13H3,(H,73,82)(H,75,87)(H,76,89)(H,78,88)(H,91,92)(H3,72,74,93)/t44-,45-,52+,53+,55+,56-,58+,60+,63-,71+/m0/s1. The second-order valence-electron chi connectivity index (χ2n) is 26.9. The van der Waals surface area contributed by atoms with Crippen molar-refractivity contribution in [2.45, 2.75) is 209 Å². The maximum absolute atomic E-state index is 14.5. The van der Waals surface area contributed by atoms with Crippen LogP contribution in [0.15, 0.2) is 53.9 Å². The highest BCUT2D eigenvalue weighted by Crippen LogP contribution is 2.36. The fourth-order valence-corrected chi connectivity index (χ4v) is 13.0. The van der Waals surface area contributed by atoms with E-state index in [0.29, 0.717) is 60.5 Å². The normalized spacial score (nSPS) is 16.7. The number of anilines is 1. The average Bonchev–Trinajstić information content (AvgIpc) is 1.86. The maximum atomic E-state index is 14.5. The van der Waals surface area contributed by atoms with Gasteiger partial charge >= 0.3 is 23.9 Å². The van der Waals surface area contributed by atoms with Gasteiger partial charge in [-0.1, -0.05) is 97.7 Å². The fraction of sp³-hybridized carbons (Fsp3) is 0.620. The third-order valence-electron chi connectivity index (χ3n) is 18.3. The third kappa shape index (κ3) is 26.2. The predicted octanol–water partition coefficient (Wildman–Crippen LogP) is 8.47. The first-order valence-electron chi connectivity index (χ1n) is 33.6. The first-order valence-corrected chi connectivity index (χ1v) is 34.5. The highest BCUT2D eigenvalue weighted by atomic mass is 32.1. The lowest BCUT2D eigenvalue weighted by molar-refractivity contribution is -0.150.